The van der Waals surface area contributed by atoms with Crippen LogP contribution < -0.4 is 10.5 Å². The van der Waals surface area contributed by atoms with E-state index in [-0.39, 0.29) is 30.3 Å². The molecule has 19 heavy (non-hydrogen) atoms. The predicted molar refractivity (Wildman–Crippen MR) is 67.6 cm³/mol. The van der Waals surface area contributed by atoms with E-state index in [2.05, 4.69) is 4.98 Å². The number of ether oxygens (including phenoxy) is 2. The van der Waals surface area contributed by atoms with Gasteiger partial charge in [0, 0.05) is 6.20 Å². The fourth-order valence-electron chi connectivity index (χ4n) is 1.49. The lowest BCUT2D eigenvalue weighted by molar-refractivity contribution is 0.0527. The van der Waals surface area contributed by atoms with Crippen molar-refractivity contribution >= 4 is 11.7 Å². The maximum absolute atomic E-state index is 11.6. The van der Waals surface area contributed by atoms with Gasteiger partial charge in [-0.25, -0.2) is 9.78 Å². The Morgan fingerprint density at radius 2 is 2.32 bits per heavy atom. The van der Waals surface area contributed by atoms with Crippen LogP contribution in [-0.2, 0) is 11.3 Å². The number of carbonyl (C=O) groups is 1. The Labute approximate surface area is 110 Å². The van der Waals surface area contributed by atoms with Crippen LogP contribution >= 0.6 is 0 Å². The van der Waals surface area contributed by atoms with Crippen molar-refractivity contribution < 1.29 is 18.7 Å². The zero-order valence-electron chi connectivity index (χ0n) is 10.5. The maximum Gasteiger partial charge on any atom is 0.340 e. The Morgan fingerprint density at radius 3 is 3.00 bits per heavy atom. The summed E-state index contributed by atoms with van der Waals surface area (Å²) in [6.45, 7) is 2.20. The first-order chi connectivity index (χ1) is 9.22. The van der Waals surface area contributed by atoms with E-state index in [1.807, 2.05) is 0 Å². The molecule has 2 aromatic rings. The van der Waals surface area contributed by atoms with Gasteiger partial charge in [0.25, 0.3) is 0 Å². The first kappa shape index (κ1) is 12.9. The van der Waals surface area contributed by atoms with Gasteiger partial charge in [0.2, 0.25) is 5.88 Å². The number of esters is 1. The molecule has 0 spiro atoms. The van der Waals surface area contributed by atoms with Gasteiger partial charge in [-0.15, -0.1) is 0 Å². The molecule has 0 aliphatic rings. The molecule has 0 aromatic carbocycles. The molecule has 0 saturated heterocycles. The number of hydrogen-bond acceptors (Lipinski definition) is 6. The minimum atomic E-state index is -0.495. The molecule has 0 radical (unpaired) electrons. The second kappa shape index (κ2) is 5.90. The van der Waals surface area contributed by atoms with E-state index in [1.54, 1.807) is 25.3 Å². The second-order valence-electron chi connectivity index (χ2n) is 3.67. The molecule has 100 valence electrons. The summed E-state index contributed by atoms with van der Waals surface area (Å²) in [4.78, 5) is 15.6. The molecule has 6 heteroatoms. The third kappa shape index (κ3) is 3.04. The fourth-order valence-corrected chi connectivity index (χ4v) is 1.49. The van der Waals surface area contributed by atoms with Gasteiger partial charge >= 0.3 is 5.97 Å². The summed E-state index contributed by atoms with van der Waals surface area (Å²) in [5, 5.41) is 0. The number of anilines is 1. The largest absolute Gasteiger partial charge is 0.468 e. The van der Waals surface area contributed by atoms with Crippen molar-refractivity contribution in [1.29, 1.82) is 0 Å². The predicted octanol–water partition coefficient (Wildman–Crippen LogP) is 2.01. The highest BCUT2D eigenvalue weighted by molar-refractivity contribution is 5.96. The Balaban J connectivity index is 2.13. The molecule has 0 saturated carbocycles. The van der Waals surface area contributed by atoms with Crippen LogP contribution in [0.5, 0.6) is 5.88 Å². The summed E-state index contributed by atoms with van der Waals surface area (Å²) in [6.07, 6.45) is 2.99. The van der Waals surface area contributed by atoms with Crippen LogP contribution in [0.4, 0.5) is 5.69 Å². The van der Waals surface area contributed by atoms with Crippen LogP contribution in [0, 0.1) is 0 Å². The molecule has 6 nitrogen and oxygen atoms in total. The van der Waals surface area contributed by atoms with Crippen LogP contribution in [-0.4, -0.2) is 17.6 Å². The normalized spacial score (nSPS) is 10.2. The molecule has 0 aliphatic carbocycles. The molecule has 0 unspecified atom stereocenters. The second-order valence-corrected chi connectivity index (χ2v) is 3.67. The number of nitrogens with zero attached hydrogens (tertiary/aromatic N) is 1. The Bertz CT molecular complexity index is 552. The van der Waals surface area contributed by atoms with Crippen LogP contribution in [0.3, 0.4) is 0 Å². The molecule has 2 aromatic heterocycles. The van der Waals surface area contributed by atoms with Crippen molar-refractivity contribution in [1.82, 2.24) is 4.98 Å². The molecule has 0 aliphatic heterocycles. The molecule has 2 N–H and O–H groups in total. The van der Waals surface area contributed by atoms with Crippen LogP contribution in [0.2, 0.25) is 0 Å². The molecule has 2 heterocycles. The number of furan rings is 1. The fraction of sp³-hybridized carbons (Fsp3) is 0.231. The highest BCUT2D eigenvalue weighted by Gasteiger charge is 2.15. The van der Waals surface area contributed by atoms with E-state index in [0.29, 0.717) is 5.76 Å². The first-order valence-corrected chi connectivity index (χ1v) is 5.79. The standard InChI is InChI=1S/C13H14N2O4/c1-2-17-13(16)10-5-6-15-12(11(10)14)19-8-9-4-3-7-18-9/h3-7H,2,8,14H2,1H3. The van der Waals surface area contributed by atoms with Gasteiger partial charge in [-0.1, -0.05) is 0 Å². The van der Waals surface area contributed by atoms with E-state index < -0.39 is 5.97 Å². The van der Waals surface area contributed by atoms with Gasteiger partial charge in [0.1, 0.15) is 18.1 Å². The summed E-state index contributed by atoms with van der Waals surface area (Å²) in [6, 6.07) is 5.02. The van der Waals surface area contributed by atoms with Crippen LogP contribution in [0.1, 0.15) is 23.0 Å². The highest BCUT2D eigenvalue weighted by Crippen LogP contribution is 2.23. The number of aromatic nitrogens is 1. The molecular formula is C13H14N2O4. The zero-order valence-corrected chi connectivity index (χ0v) is 10.5. The van der Waals surface area contributed by atoms with Gasteiger partial charge in [-0.3, -0.25) is 0 Å². The summed E-state index contributed by atoms with van der Waals surface area (Å²) < 4.78 is 15.4. The van der Waals surface area contributed by atoms with E-state index in [1.165, 1.54) is 12.3 Å². The lowest BCUT2D eigenvalue weighted by Crippen LogP contribution is -2.10. The number of nitrogens with two attached hydrogens (primary N) is 1. The quantitative estimate of drug-likeness (QED) is 0.829. The summed E-state index contributed by atoms with van der Waals surface area (Å²) in [7, 11) is 0. The number of hydrogen-bond donors (Lipinski definition) is 1. The van der Waals surface area contributed by atoms with E-state index in [0.717, 1.165) is 0 Å². The lowest BCUT2D eigenvalue weighted by Gasteiger charge is -2.09. The molecule has 2 rings (SSSR count). The van der Waals surface area contributed by atoms with Crippen molar-refractivity contribution in [2.24, 2.45) is 0 Å². The number of carbonyl (C=O) groups excluding carboxylic acids is 1. The van der Waals surface area contributed by atoms with Crippen LogP contribution in [0.25, 0.3) is 0 Å². The average molecular weight is 262 g/mol. The topological polar surface area (TPSA) is 87.6 Å². The molecule has 0 fully saturated rings. The van der Waals surface area contributed by atoms with Gasteiger partial charge in [-0.05, 0) is 25.1 Å². The minimum Gasteiger partial charge on any atom is -0.468 e. The molecular weight excluding hydrogens is 248 g/mol. The Kier molecular flexibility index (Phi) is 4.02. The first-order valence-electron chi connectivity index (χ1n) is 5.79. The van der Waals surface area contributed by atoms with Crippen LogP contribution in [0.15, 0.2) is 35.1 Å². The summed E-state index contributed by atoms with van der Waals surface area (Å²) in [5.74, 6) is 0.329. The summed E-state index contributed by atoms with van der Waals surface area (Å²) in [5.41, 5.74) is 6.24. The average Bonchev–Trinajstić information content (AvgIpc) is 2.91. The monoisotopic (exact) mass is 262 g/mol. The van der Waals surface area contributed by atoms with Gasteiger partial charge in [-0.2, -0.15) is 0 Å². The minimum absolute atomic E-state index is 0.160. The van der Waals surface area contributed by atoms with Gasteiger partial charge in [0.05, 0.1) is 18.4 Å². The number of rotatable bonds is 5. The third-order valence-electron chi connectivity index (χ3n) is 2.38. The van der Waals surface area contributed by atoms with Crippen molar-refractivity contribution in [3.8, 4) is 5.88 Å². The van der Waals surface area contributed by atoms with Crippen molar-refractivity contribution in [3.05, 3.63) is 42.0 Å². The summed E-state index contributed by atoms with van der Waals surface area (Å²) >= 11 is 0. The Hall–Kier alpha value is -2.50. The molecule has 0 bridgehead atoms. The van der Waals surface area contributed by atoms with Gasteiger partial charge in [0.15, 0.2) is 0 Å². The SMILES string of the molecule is CCOC(=O)c1ccnc(OCc2ccco2)c1N. The third-order valence-corrected chi connectivity index (χ3v) is 2.38. The van der Waals surface area contributed by atoms with E-state index >= 15 is 0 Å². The lowest BCUT2D eigenvalue weighted by atomic mass is 10.2. The van der Waals surface area contributed by atoms with Crippen molar-refractivity contribution in [2.45, 2.75) is 13.5 Å². The number of nitrogen functional groups attached to an aromatic ring is 1. The smallest absolute Gasteiger partial charge is 0.340 e. The van der Waals surface area contributed by atoms with E-state index in [9.17, 15) is 4.79 Å². The Morgan fingerprint density at radius 1 is 1.47 bits per heavy atom. The highest BCUT2D eigenvalue weighted by atomic mass is 16.5. The number of pyridine rings is 1. The molecule has 0 atom stereocenters. The maximum atomic E-state index is 11.6. The van der Waals surface area contributed by atoms with Gasteiger partial charge < -0.3 is 19.6 Å². The zero-order chi connectivity index (χ0) is 13.7. The van der Waals surface area contributed by atoms with Crippen molar-refractivity contribution in [3.63, 3.8) is 0 Å². The molecule has 0 amide bonds. The van der Waals surface area contributed by atoms with Crippen molar-refractivity contribution in [2.75, 3.05) is 12.3 Å². The van der Waals surface area contributed by atoms with E-state index in [4.69, 9.17) is 19.6 Å².